The Morgan fingerprint density at radius 3 is 2.41 bits per heavy atom. The van der Waals surface area contributed by atoms with Crippen LogP contribution < -0.4 is 19.9 Å². The average molecular weight is 395 g/mol. The SMILES string of the molecule is COc1ccc(N2C(=O)NC(=O)/C(=C/c3ccc(N4CCCCC4)o3)C2=O)cc1. The lowest BCUT2D eigenvalue weighted by Gasteiger charge is -2.26. The van der Waals surface area contributed by atoms with E-state index in [-0.39, 0.29) is 5.57 Å². The first-order valence-electron chi connectivity index (χ1n) is 9.47. The second kappa shape index (κ2) is 7.83. The highest BCUT2D eigenvalue weighted by atomic mass is 16.5. The summed E-state index contributed by atoms with van der Waals surface area (Å²) in [7, 11) is 1.52. The Bertz CT molecular complexity index is 970. The minimum absolute atomic E-state index is 0.167. The highest BCUT2D eigenvalue weighted by Crippen LogP contribution is 2.27. The molecular formula is C21H21N3O5. The van der Waals surface area contributed by atoms with Gasteiger partial charge in [0.25, 0.3) is 11.8 Å². The van der Waals surface area contributed by atoms with E-state index in [4.69, 9.17) is 9.15 Å². The van der Waals surface area contributed by atoms with Gasteiger partial charge in [-0.15, -0.1) is 0 Å². The molecule has 0 saturated carbocycles. The van der Waals surface area contributed by atoms with Crippen LogP contribution in [-0.2, 0) is 9.59 Å². The van der Waals surface area contributed by atoms with Crippen molar-refractivity contribution in [2.45, 2.75) is 19.3 Å². The Labute approximate surface area is 167 Å². The van der Waals surface area contributed by atoms with Crippen LogP contribution in [0.1, 0.15) is 25.0 Å². The molecule has 4 amide bonds. The van der Waals surface area contributed by atoms with Gasteiger partial charge in [-0.2, -0.15) is 0 Å². The average Bonchev–Trinajstić information content (AvgIpc) is 3.21. The maximum absolute atomic E-state index is 12.9. The number of urea groups is 1. The number of ether oxygens (including phenoxy) is 1. The molecule has 8 nitrogen and oxygen atoms in total. The molecule has 0 unspecified atom stereocenters. The molecule has 29 heavy (non-hydrogen) atoms. The number of furan rings is 1. The van der Waals surface area contributed by atoms with E-state index in [1.165, 1.54) is 19.6 Å². The van der Waals surface area contributed by atoms with Gasteiger partial charge in [0, 0.05) is 19.2 Å². The lowest BCUT2D eigenvalue weighted by atomic mass is 10.1. The summed E-state index contributed by atoms with van der Waals surface area (Å²) in [6.07, 6.45) is 4.79. The number of piperidine rings is 1. The topological polar surface area (TPSA) is 92.1 Å². The van der Waals surface area contributed by atoms with Gasteiger partial charge in [0.15, 0.2) is 5.88 Å². The number of nitrogens with one attached hydrogen (secondary N) is 1. The molecule has 0 spiro atoms. The van der Waals surface area contributed by atoms with Crippen LogP contribution in [0, 0.1) is 0 Å². The lowest BCUT2D eigenvalue weighted by molar-refractivity contribution is -0.122. The number of rotatable bonds is 4. The summed E-state index contributed by atoms with van der Waals surface area (Å²) in [4.78, 5) is 40.5. The minimum atomic E-state index is -0.796. The molecule has 0 atom stereocenters. The number of hydrogen-bond acceptors (Lipinski definition) is 6. The zero-order valence-electron chi connectivity index (χ0n) is 16.0. The van der Waals surface area contributed by atoms with Gasteiger partial charge in [0.05, 0.1) is 12.8 Å². The molecule has 0 radical (unpaired) electrons. The normalized spacial score (nSPS) is 18.9. The molecule has 2 aliphatic rings. The molecule has 8 heteroatoms. The van der Waals surface area contributed by atoms with Crippen molar-refractivity contribution in [3.05, 3.63) is 47.7 Å². The van der Waals surface area contributed by atoms with Crippen molar-refractivity contribution in [2.75, 3.05) is 30.0 Å². The fourth-order valence-corrected chi connectivity index (χ4v) is 3.47. The zero-order chi connectivity index (χ0) is 20.4. The van der Waals surface area contributed by atoms with Crippen LogP contribution in [0.15, 0.2) is 46.4 Å². The third kappa shape index (κ3) is 3.73. The van der Waals surface area contributed by atoms with E-state index in [9.17, 15) is 14.4 Å². The predicted molar refractivity (Wildman–Crippen MR) is 107 cm³/mol. The fourth-order valence-electron chi connectivity index (χ4n) is 3.47. The first-order valence-corrected chi connectivity index (χ1v) is 9.47. The molecule has 4 rings (SSSR count). The summed E-state index contributed by atoms with van der Waals surface area (Å²) >= 11 is 0. The predicted octanol–water partition coefficient (Wildman–Crippen LogP) is 2.94. The van der Waals surface area contributed by atoms with Crippen LogP contribution in [0.4, 0.5) is 16.4 Å². The minimum Gasteiger partial charge on any atom is -0.497 e. The largest absolute Gasteiger partial charge is 0.497 e. The maximum Gasteiger partial charge on any atom is 0.335 e. The molecule has 150 valence electrons. The molecule has 1 N–H and O–H groups in total. The Balaban J connectivity index is 1.60. The molecule has 0 bridgehead atoms. The fraction of sp³-hybridized carbons (Fsp3) is 0.286. The van der Waals surface area contributed by atoms with Gasteiger partial charge >= 0.3 is 6.03 Å². The van der Waals surface area contributed by atoms with Gasteiger partial charge in [0.1, 0.15) is 17.1 Å². The number of methoxy groups -OCH3 is 1. The number of carbonyl (C=O) groups excluding carboxylic acids is 3. The standard InChI is InChI=1S/C21H21N3O5/c1-28-15-7-5-14(6-8-15)24-20(26)17(19(25)22-21(24)27)13-16-9-10-18(29-16)23-11-3-2-4-12-23/h5-10,13H,2-4,11-12H2,1H3,(H,22,25,27)/b17-13-. The van der Waals surface area contributed by atoms with E-state index >= 15 is 0 Å². The zero-order valence-corrected chi connectivity index (χ0v) is 16.0. The van der Waals surface area contributed by atoms with Crippen molar-refractivity contribution in [3.8, 4) is 5.75 Å². The van der Waals surface area contributed by atoms with E-state index in [0.717, 1.165) is 30.8 Å². The second-order valence-corrected chi connectivity index (χ2v) is 6.88. The van der Waals surface area contributed by atoms with E-state index < -0.39 is 17.8 Å². The lowest BCUT2D eigenvalue weighted by Crippen LogP contribution is -2.54. The van der Waals surface area contributed by atoms with Crippen LogP contribution in [0.2, 0.25) is 0 Å². The molecule has 2 saturated heterocycles. The number of carbonyl (C=O) groups is 3. The quantitative estimate of drug-likeness (QED) is 0.632. The molecular weight excluding hydrogens is 374 g/mol. The van der Waals surface area contributed by atoms with Crippen molar-refractivity contribution in [2.24, 2.45) is 0 Å². The Kier molecular flexibility index (Phi) is 5.07. The summed E-state index contributed by atoms with van der Waals surface area (Å²) in [5, 5.41) is 2.20. The molecule has 3 heterocycles. The van der Waals surface area contributed by atoms with Crippen LogP contribution in [0.5, 0.6) is 5.75 Å². The smallest absolute Gasteiger partial charge is 0.335 e. The summed E-state index contributed by atoms with van der Waals surface area (Å²) in [6, 6.07) is 9.16. The number of imide groups is 2. The highest BCUT2D eigenvalue weighted by Gasteiger charge is 2.37. The van der Waals surface area contributed by atoms with Crippen molar-refractivity contribution in [1.29, 1.82) is 0 Å². The van der Waals surface area contributed by atoms with Gasteiger partial charge in [-0.05, 0) is 55.7 Å². The Hall–Kier alpha value is -3.55. The molecule has 1 aromatic heterocycles. The first-order chi connectivity index (χ1) is 14.1. The number of benzene rings is 1. The van der Waals surface area contributed by atoms with Crippen LogP contribution in [-0.4, -0.2) is 38.0 Å². The molecule has 0 aliphatic carbocycles. The van der Waals surface area contributed by atoms with E-state index in [1.54, 1.807) is 30.3 Å². The van der Waals surface area contributed by atoms with Crippen molar-refractivity contribution >= 4 is 35.5 Å². The van der Waals surface area contributed by atoms with Gasteiger partial charge in [-0.1, -0.05) is 0 Å². The van der Waals surface area contributed by atoms with Crippen LogP contribution >= 0.6 is 0 Å². The second-order valence-electron chi connectivity index (χ2n) is 6.88. The van der Waals surface area contributed by atoms with Crippen LogP contribution in [0.3, 0.4) is 0 Å². The number of barbiturate groups is 1. The van der Waals surface area contributed by atoms with Crippen molar-refractivity contribution in [1.82, 2.24) is 5.32 Å². The third-order valence-corrected chi connectivity index (χ3v) is 5.00. The maximum atomic E-state index is 12.9. The third-order valence-electron chi connectivity index (χ3n) is 5.00. The number of anilines is 2. The van der Waals surface area contributed by atoms with E-state index in [2.05, 4.69) is 10.2 Å². The highest BCUT2D eigenvalue weighted by molar-refractivity contribution is 6.39. The summed E-state index contributed by atoms with van der Waals surface area (Å²) < 4.78 is 10.9. The first kappa shape index (κ1) is 18.8. The Morgan fingerprint density at radius 1 is 1.00 bits per heavy atom. The van der Waals surface area contributed by atoms with Gasteiger partial charge in [0.2, 0.25) is 0 Å². The number of amides is 4. The van der Waals surface area contributed by atoms with Crippen LogP contribution in [0.25, 0.3) is 6.08 Å². The van der Waals surface area contributed by atoms with Gasteiger partial charge < -0.3 is 14.1 Å². The molecule has 1 aromatic carbocycles. The Morgan fingerprint density at radius 2 is 1.72 bits per heavy atom. The van der Waals surface area contributed by atoms with E-state index in [0.29, 0.717) is 23.1 Å². The van der Waals surface area contributed by atoms with Crippen molar-refractivity contribution in [3.63, 3.8) is 0 Å². The van der Waals surface area contributed by atoms with Gasteiger partial charge in [-0.25, -0.2) is 9.69 Å². The summed E-state index contributed by atoms with van der Waals surface area (Å²) in [6.45, 7) is 1.84. The monoisotopic (exact) mass is 395 g/mol. The summed E-state index contributed by atoms with van der Waals surface area (Å²) in [5.41, 5.74) is 0.167. The van der Waals surface area contributed by atoms with E-state index in [1.807, 2.05) is 6.07 Å². The van der Waals surface area contributed by atoms with Crippen molar-refractivity contribution < 1.29 is 23.5 Å². The number of hydrogen-bond donors (Lipinski definition) is 1. The molecule has 2 aliphatic heterocycles. The number of nitrogens with zero attached hydrogens (tertiary/aromatic N) is 2. The molecule has 2 fully saturated rings. The van der Waals surface area contributed by atoms with Gasteiger partial charge in [-0.3, -0.25) is 14.9 Å². The summed E-state index contributed by atoms with van der Waals surface area (Å²) in [5.74, 6) is 0.225. The molecule has 2 aromatic rings.